The molecule has 0 aliphatic carbocycles. The highest BCUT2D eigenvalue weighted by atomic mass is 16.1. The van der Waals surface area contributed by atoms with E-state index in [4.69, 9.17) is 0 Å². The predicted octanol–water partition coefficient (Wildman–Crippen LogP) is 2.07. The number of rotatable bonds is 5. The van der Waals surface area contributed by atoms with Crippen LogP contribution in [0.3, 0.4) is 0 Å². The maximum absolute atomic E-state index is 12.1. The Balaban J connectivity index is 2.08. The van der Waals surface area contributed by atoms with Crippen molar-refractivity contribution >= 4 is 11.7 Å². The fourth-order valence-corrected chi connectivity index (χ4v) is 2.34. The molecule has 0 radical (unpaired) electrons. The molecule has 2 heterocycles. The van der Waals surface area contributed by atoms with E-state index in [-0.39, 0.29) is 5.91 Å². The molecule has 6 nitrogen and oxygen atoms in total. The van der Waals surface area contributed by atoms with Gasteiger partial charge in [-0.3, -0.25) is 14.2 Å². The Bertz CT molecular complexity index is 639. The summed E-state index contributed by atoms with van der Waals surface area (Å²) in [5, 5.41) is 11.5. The molecule has 2 aromatic rings. The van der Waals surface area contributed by atoms with Crippen LogP contribution in [0, 0.1) is 19.8 Å². The van der Waals surface area contributed by atoms with Crippen LogP contribution >= 0.6 is 0 Å². The molecule has 0 fully saturated rings. The number of hydrogen-bond acceptors (Lipinski definition) is 3. The Morgan fingerprint density at radius 3 is 2.62 bits per heavy atom. The molecule has 1 amide bonds. The van der Waals surface area contributed by atoms with Crippen LogP contribution in [-0.2, 0) is 24.8 Å². The summed E-state index contributed by atoms with van der Waals surface area (Å²) >= 11 is 0. The molecule has 0 atom stereocenters. The van der Waals surface area contributed by atoms with Crippen molar-refractivity contribution < 1.29 is 4.79 Å². The molecule has 0 aliphatic heterocycles. The summed E-state index contributed by atoms with van der Waals surface area (Å²) in [7, 11) is 1.82. The standard InChI is InChI=1S/C15H23N5O/c1-10(2)9-20-12(4)13(11(3)17-20)8-15(21)16-14-6-7-19(5)18-14/h6-7,10H,8-9H2,1-5H3,(H,16,18,21). The van der Waals surface area contributed by atoms with Gasteiger partial charge in [0.2, 0.25) is 5.91 Å². The molecule has 2 rings (SSSR count). The van der Waals surface area contributed by atoms with Crippen molar-refractivity contribution in [2.75, 3.05) is 5.32 Å². The number of aromatic nitrogens is 4. The van der Waals surface area contributed by atoms with Gasteiger partial charge >= 0.3 is 0 Å². The highest BCUT2D eigenvalue weighted by Gasteiger charge is 2.16. The number of nitrogens with zero attached hydrogens (tertiary/aromatic N) is 4. The van der Waals surface area contributed by atoms with Gasteiger partial charge in [0.25, 0.3) is 0 Å². The van der Waals surface area contributed by atoms with E-state index >= 15 is 0 Å². The first kappa shape index (κ1) is 15.3. The fraction of sp³-hybridized carbons (Fsp3) is 0.533. The highest BCUT2D eigenvalue weighted by molar-refractivity contribution is 5.91. The Labute approximate surface area is 125 Å². The van der Waals surface area contributed by atoms with Crippen molar-refractivity contribution in [3.63, 3.8) is 0 Å². The average molecular weight is 289 g/mol. The van der Waals surface area contributed by atoms with Crippen molar-refractivity contribution in [2.24, 2.45) is 13.0 Å². The zero-order chi connectivity index (χ0) is 15.6. The van der Waals surface area contributed by atoms with E-state index in [9.17, 15) is 4.79 Å². The van der Waals surface area contributed by atoms with Crippen LogP contribution in [0.15, 0.2) is 12.3 Å². The van der Waals surface area contributed by atoms with Crippen molar-refractivity contribution in [1.29, 1.82) is 0 Å². The van der Waals surface area contributed by atoms with E-state index in [1.807, 2.05) is 25.6 Å². The summed E-state index contributed by atoms with van der Waals surface area (Å²) < 4.78 is 3.65. The second kappa shape index (κ2) is 6.11. The molecule has 0 unspecified atom stereocenters. The zero-order valence-electron chi connectivity index (χ0n) is 13.3. The topological polar surface area (TPSA) is 64.7 Å². The van der Waals surface area contributed by atoms with E-state index in [0.717, 1.165) is 23.5 Å². The second-order valence-electron chi connectivity index (χ2n) is 5.82. The Morgan fingerprint density at radius 1 is 1.33 bits per heavy atom. The maximum Gasteiger partial charge on any atom is 0.230 e. The van der Waals surface area contributed by atoms with Crippen LogP contribution in [-0.4, -0.2) is 25.5 Å². The third kappa shape index (κ3) is 3.71. The molecule has 114 valence electrons. The first-order valence-electron chi connectivity index (χ1n) is 7.19. The van der Waals surface area contributed by atoms with Gasteiger partial charge in [-0.2, -0.15) is 10.2 Å². The first-order chi connectivity index (χ1) is 9.86. The minimum atomic E-state index is -0.0657. The summed E-state index contributed by atoms with van der Waals surface area (Å²) in [5.74, 6) is 1.04. The minimum absolute atomic E-state index is 0.0657. The summed E-state index contributed by atoms with van der Waals surface area (Å²) in [6, 6.07) is 1.78. The highest BCUT2D eigenvalue weighted by Crippen LogP contribution is 2.16. The van der Waals surface area contributed by atoms with Gasteiger partial charge in [0.1, 0.15) is 0 Å². The maximum atomic E-state index is 12.1. The summed E-state index contributed by atoms with van der Waals surface area (Å²) in [6.45, 7) is 9.15. The molecule has 21 heavy (non-hydrogen) atoms. The average Bonchev–Trinajstić information content (AvgIpc) is 2.88. The van der Waals surface area contributed by atoms with Gasteiger partial charge in [0.15, 0.2) is 5.82 Å². The lowest BCUT2D eigenvalue weighted by atomic mass is 10.1. The van der Waals surface area contributed by atoms with Gasteiger partial charge < -0.3 is 5.32 Å². The van der Waals surface area contributed by atoms with Crippen LogP contribution in [0.4, 0.5) is 5.82 Å². The molecular formula is C15H23N5O. The van der Waals surface area contributed by atoms with Gasteiger partial charge in [-0.25, -0.2) is 0 Å². The lowest BCUT2D eigenvalue weighted by Crippen LogP contribution is -2.16. The molecule has 0 aliphatic rings. The molecule has 0 saturated carbocycles. The lowest BCUT2D eigenvalue weighted by molar-refractivity contribution is -0.115. The normalized spacial score (nSPS) is 11.1. The monoisotopic (exact) mass is 289 g/mol. The zero-order valence-corrected chi connectivity index (χ0v) is 13.3. The lowest BCUT2D eigenvalue weighted by Gasteiger charge is -2.08. The summed E-state index contributed by atoms with van der Waals surface area (Å²) in [6.07, 6.45) is 2.12. The fourth-order valence-electron chi connectivity index (χ4n) is 2.34. The largest absolute Gasteiger partial charge is 0.309 e. The number of hydrogen-bond donors (Lipinski definition) is 1. The quantitative estimate of drug-likeness (QED) is 0.916. The third-order valence-corrected chi connectivity index (χ3v) is 3.39. The van der Waals surface area contributed by atoms with Gasteiger partial charge in [-0.05, 0) is 19.8 Å². The SMILES string of the molecule is Cc1nn(CC(C)C)c(C)c1CC(=O)Nc1ccn(C)n1. The van der Waals surface area contributed by atoms with Crippen LogP contribution in [0.1, 0.15) is 30.8 Å². The Hall–Kier alpha value is -2.11. The van der Waals surface area contributed by atoms with Crippen LogP contribution in [0.5, 0.6) is 0 Å². The van der Waals surface area contributed by atoms with Gasteiger partial charge in [-0.15, -0.1) is 0 Å². The third-order valence-electron chi connectivity index (χ3n) is 3.39. The Morgan fingerprint density at radius 2 is 2.05 bits per heavy atom. The number of carbonyl (C=O) groups excluding carboxylic acids is 1. The first-order valence-corrected chi connectivity index (χ1v) is 7.19. The van der Waals surface area contributed by atoms with E-state index in [1.165, 1.54) is 0 Å². The molecule has 0 saturated heterocycles. The summed E-state index contributed by atoms with van der Waals surface area (Å²) in [4.78, 5) is 12.1. The molecule has 0 bridgehead atoms. The van der Waals surface area contributed by atoms with Crippen molar-refractivity contribution in [3.8, 4) is 0 Å². The number of anilines is 1. The van der Waals surface area contributed by atoms with Crippen molar-refractivity contribution in [1.82, 2.24) is 19.6 Å². The molecule has 0 aromatic carbocycles. The number of amides is 1. The number of aryl methyl sites for hydroxylation is 2. The molecule has 0 spiro atoms. The smallest absolute Gasteiger partial charge is 0.230 e. The van der Waals surface area contributed by atoms with Gasteiger partial charge in [0, 0.05) is 37.1 Å². The molecular weight excluding hydrogens is 266 g/mol. The number of nitrogens with one attached hydrogen (secondary N) is 1. The minimum Gasteiger partial charge on any atom is -0.309 e. The molecule has 2 aromatic heterocycles. The van der Waals surface area contributed by atoms with Crippen LogP contribution in [0.2, 0.25) is 0 Å². The summed E-state index contributed by atoms with van der Waals surface area (Å²) in [5.41, 5.74) is 2.99. The number of carbonyl (C=O) groups is 1. The predicted molar refractivity (Wildman–Crippen MR) is 82.1 cm³/mol. The second-order valence-corrected chi connectivity index (χ2v) is 5.82. The van der Waals surface area contributed by atoms with Crippen LogP contribution < -0.4 is 5.32 Å². The van der Waals surface area contributed by atoms with Crippen molar-refractivity contribution in [3.05, 3.63) is 29.2 Å². The van der Waals surface area contributed by atoms with E-state index in [2.05, 4.69) is 29.4 Å². The molecule has 1 N–H and O–H groups in total. The van der Waals surface area contributed by atoms with E-state index < -0.39 is 0 Å². The van der Waals surface area contributed by atoms with E-state index in [1.54, 1.807) is 16.9 Å². The molecule has 6 heteroatoms. The van der Waals surface area contributed by atoms with Gasteiger partial charge in [-0.1, -0.05) is 13.8 Å². The van der Waals surface area contributed by atoms with E-state index in [0.29, 0.717) is 18.2 Å². The Kier molecular flexibility index (Phi) is 4.45. The van der Waals surface area contributed by atoms with Crippen molar-refractivity contribution in [2.45, 2.75) is 40.7 Å². The van der Waals surface area contributed by atoms with Crippen LogP contribution in [0.25, 0.3) is 0 Å². The van der Waals surface area contributed by atoms with Gasteiger partial charge in [0.05, 0.1) is 12.1 Å².